The van der Waals surface area contributed by atoms with Gasteiger partial charge in [0.05, 0.1) is 24.3 Å². The van der Waals surface area contributed by atoms with Gasteiger partial charge in [-0.05, 0) is 12.1 Å². The number of carbonyl (C=O) groups is 1. The predicted molar refractivity (Wildman–Crippen MR) is 49.1 cm³/mol. The van der Waals surface area contributed by atoms with Crippen LogP contribution < -0.4 is 0 Å². The van der Waals surface area contributed by atoms with Crippen LogP contribution in [0.3, 0.4) is 0 Å². The van der Waals surface area contributed by atoms with Gasteiger partial charge >= 0.3 is 5.97 Å². The van der Waals surface area contributed by atoms with Gasteiger partial charge in [-0.15, -0.1) is 0 Å². The van der Waals surface area contributed by atoms with Gasteiger partial charge in [-0.2, -0.15) is 5.26 Å². The summed E-state index contributed by atoms with van der Waals surface area (Å²) in [6, 6.07) is 3.44. The highest BCUT2D eigenvalue weighted by Crippen LogP contribution is 2.32. The van der Waals surface area contributed by atoms with E-state index in [0.29, 0.717) is 0 Å². The zero-order valence-corrected chi connectivity index (χ0v) is 8.20. The highest BCUT2D eigenvalue weighted by Gasteiger charge is 2.21. The molecular formula is C10H7F2NO3. The second kappa shape index (κ2) is 4.57. The molecule has 0 spiro atoms. The summed E-state index contributed by atoms with van der Waals surface area (Å²) >= 11 is 0. The number of methoxy groups -OCH3 is 1. The first-order valence-corrected chi connectivity index (χ1v) is 4.14. The maximum absolute atomic E-state index is 12.5. The molecule has 1 rings (SSSR count). The molecule has 1 aromatic carbocycles. The van der Waals surface area contributed by atoms with Crippen LogP contribution in [0.2, 0.25) is 0 Å². The fourth-order valence-electron chi connectivity index (χ4n) is 1.15. The number of nitrogens with zero attached hydrogens (tertiary/aromatic N) is 1. The minimum absolute atomic E-state index is 0.145. The van der Waals surface area contributed by atoms with E-state index >= 15 is 0 Å². The summed E-state index contributed by atoms with van der Waals surface area (Å²) in [7, 11) is 1.04. The number of rotatable bonds is 2. The number of ether oxygens (including phenoxy) is 1. The topological polar surface area (TPSA) is 70.3 Å². The molecule has 0 saturated carbocycles. The number of hydrogen-bond acceptors (Lipinski definition) is 4. The van der Waals surface area contributed by atoms with Gasteiger partial charge in [-0.3, -0.25) is 0 Å². The lowest BCUT2D eigenvalue weighted by Gasteiger charge is -2.08. The maximum Gasteiger partial charge on any atom is 0.341 e. The Morgan fingerprint density at radius 3 is 2.62 bits per heavy atom. The normalized spacial score (nSPS) is 9.94. The Labute approximate surface area is 89.7 Å². The third-order valence-electron chi connectivity index (χ3n) is 1.91. The number of nitriles is 1. The van der Waals surface area contributed by atoms with Crippen molar-refractivity contribution in [3.63, 3.8) is 0 Å². The lowest BCUT2D eigenvalue weighted by Crippen LogP contribution is -2.04. The van der Waals surface area contributed by atoms with Gasteiger partial charge in [0.25, 0.3) is 6.43 Å². The molecule has 0 aliphatic carbocycles. The SMILES string of the molecule is COC(=O)c1cc(C#N)cc(C(F)F)c1O. The molecule has 0 aliphatic heterocycles. The molecule has 0 heterocycles. The molecule has 4 nitrogen and oxygen atoms in total. The highest BCUT2D eigenvalue weighted by molar-refractivity contribution is 5.93. The van der Waals surface area contributed by atoms with Crippen molar-refractivity contribution in [1.82, 2.24) is 0 Å². The third kappa shape index (κ3) is 2.08. The fraction of sp³-hybridized carbons (Fsp3) is 0.200. The Bertz CT molecular complexity index is 466. The van der Waals surface area contributed by atoms with Crippen molar-refractivity contribution in [2.75, 3.05) is 7.11 Å². The summed E-state index contributed by atoms with van der Waals surface area (Å²) in [4.78, 5) is 11.1. The molecule has 0 fully saturated rings. The van der Waals surface area contributed by atoms with Gasteiger partial charge < -0.3 is 9.84 Å². The summed E-state index contributed by atoms with van der Waals surface area (Å²) in [5.41, 5.74) is -1.36. The Morgan fingerprint density at radius 1 is 1.56 bits per heavy atom. The van der Waals surface area contributed by atoms with Gasteiger partial charge in [-0.25, -0.2) is 13.6 Å². The Hall–Kier alpha value is -2.16. The molecule has 1 N–H and O–H groups in total. The minimum Gasteiger partial charge on any atom is -0.507 e. The second-order valence-electron chi connectivity index (χ2n) is 2.87. The van der Waals surface area contributed by atoms with Crippen LogP contribution in [0.4, 0.5) is 8.78 Å². The average molecular weight is 227 g/mol. The van der Waals surface area contributed by atoms with E-state index in [4.69, 9.17) is 5.26 Å². The molecule has 0 atom stereocenters. The van der Waals surface area contributed by atoms with Crippen LogP contribution in [-0.2, 0) is 4.74 Å². The van der Waals surface area contributed by atoms with Crippen LogP contribution >= 0.6 is 0 Å². The molecule has 84 valence electrons. The van der Waals surface area contributed by atoms with E-state index in [2.05, 4.69) is 4.74 Å². The standard InChI is InChI=1S/C10H7F2NO3/c1-16-10(15)7-3-5(4-13)2-6(8(7)14)9(11)12/h2-3,9,14H,1H3. The first-order valence-electron chi connectivity index (χ1n) is 4.14. The smallest absolute Gasteiger partial charge is 0.341 e. The Kier molecular flexibility index (Phi) is 3.40. The summed E-state index contributed by atoms with van der Waals surface area (Å²) in [5, 5.41) is 18.0. The summed E-state index contributed by atoms with van der Waals surface area (Å²) in [6.45, 7) is 0. The Morgan fingerprint density at radius 2 is 2.19 bits per heavy atom. The highest BCUT2D eigenvalue weighted by atomic mass is 19.3. The van der Waals surface area contributed by atoms with Crippen LogP contribution in [-0.4, -0.2) is 18.2 Å². The van der Waals surface area contributed by atoms with Gasteiger partial charge in [0.15, 0.2) is 0 Å². The molecule has 0 unspecified atom stereocenters. The van der Waals surface area contributed by atoms with Crippen molar-refractivity contribution in [2.45, 2.75) is 6.43 Å². The van der Waals surface area contributed by atoms with E-state index in [1.807, 2.05) is 0 Å². The van der Waals surface area contributed by atoms with E-state index in [1.165, 1.54) is 0 Å². The Balaban J connectivity index is 3.44. The van der Waals surface area contributed by atoms with E-state index in [-0.39, 0.29) is 5.56 Å². The molecule has 1 aromatic rings. The molecule has 0 bridgehead atoms. The number of aromatic hydroxyl groups is 1. The second-order valence-corrected chi connectivity index (χ2v) is 2.87. The molecule has 0 aromatic heterocycles. The van der Waals surface area contributed by atoms with Crippen molar-refractivity contribution < 1.29 is 23.4 Å². The molecular weight excluding hydrogens is 220 g/mol. The number of esters is 1. The van der Waals surface area contributed by atoms with E-state index in [0.717, 1.165) is 19.2 Å². The fourth-order valence-corrected chi connectivity index (χ4v) is 1.15. The lowest BCUT2D eigenvalue weighted by atomic mass is 10.0. The predicted octanol–water partition coefficient (Wildman–Crippen LogP) is 1.99. The quantitative estimate of drug-likeness (QED) is 0.784. The molecule has 0 amide bonds. The van der Waals surface area contributed by atoms with Crippen molar-refractivity contribution >= 4 is 5.97 Å². The average Bonchev–Trinajstić information content (AvgIpc) is 2.28. The van der Waals surface area contributed by atoms with Crippen LogP contribution in [0.5, 0.6) is 5.75 Å². The summed E-state index contributed by atoms with van der Waals surface area (Å²) in [6.07, 6.45) is -2.98. The van der Waals surface area contributed by atoms with Gasteiger partial charge in [-0.1, -0.05) is 0 Å². The molecule has 0 saturated heterocycles. The monoisotopic (exact) mass is 227 g/mol. The summed E-state index contributed by atoms with van der Waals surface area (Å²) in [5.74, 6) is -1.84. The minimum atomic E-state index is -2.98. The number of alkyl halides is 2. The first kappa shape index (κ1) is 11.9. The molecule has 0 aliphatic rings. The number of phenols is 1. The summed E-state index contributed by atoms with van der Waals surface area (Å²) < 4.78 is 29.2. The van der Waals surface area contributed by atoms with Crippen molar-refractivity contribution in [3.05, 3.63) is 28.8 Å². The number of hydrogen-bond donors (Lipinski definition) is 1. The van der Waals surface area contributed by atoms with Crippen molar-refractivity contribution in [3.8, 4) is 11.8 Å². The van der Waals surface area contributed by atoms with E-state index < -0.39 is 29.3 Å². The number of phenolic OH excluding ortho intramolecular Hbond substituents is 1. The zero-order chi connectivity index (χ0) is 12.3. The van der Waals surface area contributed by atoms with Crippen molar-refractivity contribution in [2.24, 2.45) is 0 Å². The molecule has 0 radical (unpaired) electrons. The molecule has 6 heteroatoms. The third-order valence-corrected chi connectivity index (χ3v) is 1.91. The number of benzene rings is 1. The van der Waals surface area contributed by atoms with Gasteiger partial charge in [0, 0.05) is 0 Å². The maximum atomic E-state index is 12.5. The van der Waals surface area contributed by atoms with Gasteiger partial charge in [0.1, 0.15) is 11.3 Å². The number of carbonyl (C=O) groups excluding carboxylic acids is 1. The van der Waals surface area contributed by atoms with Gasteiger partial charge in [0.2, 0.25) is 0 Å². The van der Waals surface area contributed by atoms with Crippen LogP contribution in [0, 0.1) is 11.3 Å². The van der Waals surface area contributed by atoms with Crippen LogP contribution in [0.15, 0.2) is 12.1 Å². The largest absolute Gasteiger partial charge is 0.507 e. The first-order chi connectivity index (χ1) is 7.51. The van der Waals surface area contributed by atoms with E-state index in [1.54, 1.807) is 6.07 Å². The van der Waals surface area contributed by atoms with E-state index in [9.17, 15) is 18.7 Å². The van der Waals surface area contributed by atoms with Crippen LogP contribution in [0.25, 0.3) is 0 Å². The lowest BCUT2D eigenvalue weighted by molar-refractivity contribution is 0.0596. The number of halogens is 2. The molecule has 16 heavy (non-hydrogen) atoms. The van der Waals surface area contributed by atoms with Crippen LogP contribution in [0.1, 0.15) is 27.9 Å². The van der Waals surface area contributed by atoms with Crippen molar-refractivity contribution in [1.29, 1.82) is 5.26 Å². The zero-order valence-electron chi connectivity index (χ0n) is 8.20.